The number of hydrogen-bond acceptors (Lipinski definition) is 4. The molecule has 0 saturated heterocycles. The first kappa shape index (κ1) is 18.3. The first-order chi connectivity index (χ1) is 12.1. The van der Waals surface area contributed by atoms with Crippen LogP contribution in [0, 0.1) is 5.82 Å². The molecule has 0 aliphatic heterocycles. The number of thiazole rings is 1. The standard InChI is InChI=1S/C15H8ClF4N3O2S/c16-9-3-7(15(18,19)20)5-23(13(9)25)6-12(24)22-14-21-10-2-1-8(17)4-11(10)26-14/h1-5H,6H2,(H,21,22,24). The predicted octanol–water partition coefficient (Wildman–Crippen LogP) is 3.91. The van der Waals surface area contributed by atoms with Crippen LogP contribution in [0.3, 0.4) is 0 Å². The molecule has 5 nitrogen and oxygen atoms in total. The van der Waals surface area contributed by atoms with Gasteiger partial charge in [0.25, 0.3) is 5.56 Å². The van der Waals surface area contributed by atoms with Gasteiger partial charge in [0.05, 0.1) is 15.8 Å². The number of anilines is 1. The number of pyridine rings is 1. The number of rotatable bonds is 3. The maximum atomic E-state index is 13.2. The van der Waals surface area contributed by atoms with Gasteiger partial charge < -0.3 is 9.88 Å². The third-order valence-electron chi connectivity index (χ3n) is 3.28. The number of carbonyl (C=O) groups excluding carboxylic acids is 1. The monoisotopic (exact) mass is 405 g/mol. The van der Waals surface area contributed by atoms with E-state index in [1.807, 2.05) is 0 Å². The third kappa shape index (κ3) is 3.86. The van der Waals surface area contributed by atoms with Crippen LogP contribution < -0.4 is 10.9 Å². The van der Waals surface area contributed by atoms with Crippen molar-refractivity contribution in [3.05, 3.63) is 57.2 Å². The summed E-state index contributed by atoms with van der Waals surface area (Å²) in [6.07, 6.45) is -4.20. The molecule has 0 unspecified atom stereocenters. The van der Waals surface area contributed by atoms with E-state index >= 15 is 0 Å². The van der Waals surface area contributed by atoms with Crippen molar-refractivity contribution in [2.24, 2.45) is 0 Å². The van der Waals surface area contributed by atoms with E-state index in [1.54, 1.807) is 0 Å². The van der Waals surface area contributed by atoms with Crippen molar-refractivity contribution in [3.8, 4) is 0 Å². The maximum absolute atomic E-state index is 13.2. The Kier molecular flexibility index (Phi) is 4.72. The summed E-state index contributed by atoms with van der Waals surface area (Å²) in [5.41, 5.74) is -1.63. The molecule has 0 bridgehead atoms. The van der Waals surface area contributed by atoms with E-state index in [0.717, 1.165) is 11.3 Å². The van der Waals surface area contributed by atoms with Crippen LogP contribution in [0.5, 0.6) is 0 Å². The van der Waals surface area contributed by atoms with E-state index in [0.29, 0.717) is 27.0 Å². The summed E-state index contributed by atoms with van der Waals surface area (Å²) in [4.78, 5) is 27.9. The van der Waals surface area contributed by atoms with Crippen molar-refractivity contribution >= 4 is 44.2 Å². The molecule has 0 aliphatic carbocycles. The fourth-order valence-electron chi connectivity index (χ4n) is 2.14. The molecule has 11 heteroatoms. The van der Waals surface area contributed by atoms with E-state index in [2.05, 4.69) is 10.3 Å². The van der Waals surface area contributed by atoms with Crippen molar-refractivity contribution < 1.29 is 22.4 Å². The number of halogens is 5. The van der Waals surface area contributed by atoms with Crippen LogP contribution in [0.1, 0.15) is 5.56 Å². The average molecular weight is 406 g/mol. The second-order valence-corrected chi connectivity index (χ2v) is 6.62. The van der Waals surface area contributed by atoms with Crippen molar-refractivity contribution in [2.45, 2.75) is 12.7 Å². The van der Waals surface area contributed by atoms with E-state index in [1.165, 1.54) is 18.2 Å². The molecule has 1 N–H and O–H groups in total. The van der Waals surface area contributed by atoms with E-state index in [-0.39, 0.29) is 5.13 Å². The maximum Gasteiger partial charge on any atom is 0.417 e. The Morgan fingerprint density at radius 1 is 1.31 bits per heavy atom. The largest absolute Gasteiger partial charge is 0.417 e. The molecule has 3 aromatic rings. The topological polar surface area (TPSA) is 64.0 Å². The van der Waals surface area contributed by atoms with E-state index < -0.39 is 40.6 Å². The summed E-state index contributed by atoms with van der Waals surface area (Å²) in [7, 11) is 0. The smallest absolute Gasteiger partial charge is 0.304 e. The SMILES string of the molecule is O=C(Cn1cc(C(F)(F)F)cc(Cl)c1=O)Nc1nc2ccc(F)cc2s1. The lowest BCUT2D eigenvalue weighted by atomic mass is 10.2. The fraction of sp³-hybridized carbons (Fsp3) is 0.133. The average Bonchev–Trinajstić information content (AvgIpc) is 2.91. The number of hydrogen-bond donors (Lipinski definition) is 1. The highest BCUT2D eigenvalue weighted by Gasteiger charge is 2.32. The van der Waals surface area contributed by atoms with Gasteiger partial charge in [-0.2, -0.15) is 13.2 Å². The van der Waals surface area contributed by atoms with Gasteiger partial charge in [0, 0.05) is 6.20 Å². The molecular weight excluding hydrogens is 398 g/mol. The summed E-state index contributed by atoms with van der Waals surface area (Å²) in [6.45, 7) is -0.688. The van der Waals surface area contributed by atoms with Crippen molar-refractivity contribution in [2.75, 3.05) is 5.32 Å². The number of alkyl halides is 3. The number of carbonyl (C=O) groups is 1. The Bertz CT molecular complexity index is 1060. The van der Waals surface area contributed by atoms with Crippen LogP contribution in [0.15, 0.2) is 35.3 Å². The van der Waals surface area contributed by atoms with Gasteiger partial charge in [0.2, 0.25) is 5.91 Å². The number of fused-ring (bicyclic) bond motifs is 1. The molecule has 0 radical (unpaired) electrons. The second kappa shape index (κ2) is 6.69. The Morgan fingerprint density at radius 2 is 2.04 bits per heavy atom. The van der Waals surface area contributed by atoms with Crippen LogP contribution >= 0.6 is 22.9 Å². The van der Waals surface area contributed by atoms with E-state index in [9.17, 15) is 27.2 Å². The van der Waals surface area contributed by atoms with E-state index in [4.69, 9.17) is 11.6 Å². The second-order valence-electron chi connectivity index (χ2n) is 5.19. The zero-order valence-electron chi connectivity index (χ0n) is 12.6. The summed E-state index contributed by atoms with van der Waals surface area (Å²) < 4.78 is 52.6. The molecule has 0 aliphatic rings. The molecule has 136 valence electrons. The molecule has 0 fully saturated rings. The molecular formula is C15H8ClF4N3O2S. The van der Waals surface area contributed by atoms with Gasteiger partial charge in [-0.25, -0.2) is 9.37 Å². The number of aromatic nitrogens is 2. The highest BCUT2D eigenvalue weighted by atomic mass is 35.5. The molecule has 0 spiro atoms. The van der Waals surface area contributed by atoms with Crippen molar-refractivity contribution in [3.63, 3.8) is 0 Å². The molecule has 2 aromatic heterocycles. The van der Waals surface area contributed by atoms with Crippen LogP contribution in [0.2, 0.25) is 5.02 Å². The Hall–Kier alpha value is -2.46. The minimum Gasteiger partial charge on any atom is -0.304 e. The van der Waals surface area contributed by atoms with Gasteiger partial charge in [-0.05, 0) is 24.3 Å². The molecule has 3 rings (SSSR count). The zero-order chi connectivity index (χ0) is 19.1. The lowest BCUT2D eigenvalue weighted by molar-refractivity contribution is -0.138. The molecule has 26 heavy (non-hydrogen) atoms. The molecule has 0 atom stereocenters. The first-order valence-electron chi connectivity index (χ1n) is 6.96. The Morgan fingerprint density at radius 3 is 2.73 bits per heavy atom. The normalized spacial score (nSPS) is 11.7. The van der Waals surface area contributed by atoms with Crippen molar-refractivity contribution in [1.29, 1.82) is 0 Å². The lowest BCUT2D eigenvalue weighted by Crippen LogP contribution is -2.29. The van der Waals surface area contributed by atoms with Crippen molar-refractivity contribution in [1.82, 2.24) is 9.55 Å². The molecule has 1 aromatic carbocycles. The number of nitrogens with zero attached hydrogens (tertiary/aromatic N) is 2. The van der Waals surface area contributed by atoms with Gasteiger partial charge in [-0.3, -0.25) is 9.59 Å². The van der Waals surface area contributed by atoms with Gasteiger partial charge in [-0.15, -0.1) is 0 Å². The third-order valence-corrected chi connectivity index (χ3v) is 4.48. The highest BCUT2D eigenvalue weighted by molar-refractivity contribution is 7.22. The number of amides is 1. The quantitative estimate of drug-likeness (QED) is 0.672. The van der Waals surface area contributed by atoms with Crippen LogP contribution in [0.25, 0.3) is 10.2 Å². The molecule has 1 amide bonds. The summed E-state index contributed by atoms with van der Waals surface area (Å²) in [5, 5.41) is 1.84. The predicted molar refractivity (Wildman–Crippen MR) is 88.9 cm³/mol. The zero-order valence-corrected chi connectivity index (χ0v) is 14.2. The summed E-state index contributed by atoms with van der Waals surface area (Å²) >= 11 is 6.51. The number of benzene rings is 1. The lowest BCUT2D eigenvalue weighted by Gasteiger charge is -2.11. The van der Waals surface area contributed by atoms with Gasteiger partial charge >= 0.3 is 6.18 Å². The summed E-state index contributed by atoms with van der Waals surface area (Å²) in [6, 6.07) is 4.37. The van der Waals surface area contributed by atoms with Crippen LogP contribution in [0.4, 0.5) is 22.7 Å². The Labute approximate surface area is 151 Å². The summed E-state index contributed by atoms with van der Waals surface area (Å²) in [5.74, 6) is -1.24. The Balaban J connectivity index is 1.83. The minimum absolute atomic E-state index is 0.127. The van der Waals surface area contributed by atoms with Gasteiger partial charge in [-0.1, -0.05) is 22.9 Å². The number of nitrogens with one attached hydrogen (secondary N) is 1. The van der Waals surface area contributed by atoms with Gasteiger partial charge in [0.1, 0.15) is 17.4 Å². The molecule has 0 saturated carbocycles. The first-order valence-corrected chi connectivity index (χ1v) is 8.16. The fourth-order valence-corrected chi connectivity index (χ4v) is 3.27. The molecule has 2 heterocycles. The minimum atomic E-state index is -4.72. The van der Waals surface area contributed by atoms with Crippen LogP contribution in [-0.4, -0.2) is 15.5 Å². The highest BCUT2D eigenvalue weighted by Crippen LogP contribution is 2.30. The van der Waals surface area contributed by atoms with Crippen LogP contribution in [-0.2, 0) is 17.5 Å². The van der Waals surface area contributed by atoms with Gasteiger partial charge in [0.15, 0.2) is 5.13 Å².